The van der Waals surface area contributed by atoms with Crippen LogP contribution in [0, 0.1) is 6.92 Å². The van der Waals surface area contributed by atoms with E-state index in [-0.39, 0.29) is 11.9 Å². The summed E-state index contributed by atoms with van der Waals surface area (Å²) in [5.41, 5.74) is 4.04. The number of nitrogens with one attached hydrogen (secondary N) is 2. The molecule has 0 bridgehead atoms. The summed E-state index contributed by atoms with van der Waals surface area (Å²) in [6.45, 7) is 5.88. The van der Waals surface area contributed by atoms with Crippen molar-refractivity contribution >= 4 is 16.9 Å². The molecule has 0 saturated heterocycles. The number of hydrogen-bond acceptors (Lipinski definition) is 5. The molecular formula is C20H21N3O3. The Morgan fingerprint density at radius 3 is 3.00 bits per heavy atom. The number of nitrogens with zero attached hydrogens (tertiary/aromatic N) is 1. The molecule has 26 heavy (non-hydrogen) atoms. The Morgan fingerprint density at radius 2 is 2.12 bits per heavy atom. The van der Waals surface area contributed by atoms with E-state index in [1.165, 1.54) is 0 Å². The summed E-state index contributed by atoms with van der Waals surface area (Å²) in [4.78, 5) is 12.9. The summed E-state index contributed by atoms with van der Waals surface area (Å²) in [5.74, 6) is 0.475. The minimum absolute atomic E-state index is 0.181. The van der Waals surface area contributed by atoms with Crippen molar-refractivity contribution in [2.75, 3.05) is 13.2 Å². The zero-order valence-corrected chi connectivity index (χ0v) is 14.8. The van der Waals surface area contributed by atoms with E-state index in [0.717, 1.165) is 34.3 Å². The smallest absolute Gasteiger partial charge is 0.255 e. The fraction of sp³-hybridized carbons (Fsp3) is 0.300. The van der Waals surface area contributed by atoms with E-state index >= 15 is 0 Å². The lowest BCUT2D eigenvalue weighted by Gasteiger charge is -2.15. The average molecular weight is 351 g/mol. The van der Waals surface area contributed by atoms with Gasteiger partial charge in [-0.2, -0.15) is 0 Å². The second-order valence-electron chi connectivity index (χ2n) is 6.53. The third-order valence-electron chi connectivity index (χ3n) is 4.66. The molecule has 1 amide bonds. The van der Waals surface area contributed by atoms with Crippen molar-refractivity contribution < 1.29 is 14.1 Å². The van der Waals surface area contributed by atoms with E-state index in [1.54, 1.807) is 6.07 Å². The highest BCUT2D eigenvalue weighted by Crippen LogP contribution is 2.28. The van der Waals surface area contributed by atoms with Crippen molar-refractivity contribution in [1.29, 1.82) is 0 Å². The zero-order valence-electron chi connectivity index (χ0n) is 14.8. The van der Waals surface area contributed by atoms with Crippen LogP contribution in [0.25, 0.3) is 11.0 Å². The number of carbonyl (C=O) groups excluding carboxylic acids is 1. The van der Waals surface area contributed by atoms with Gasteiger partial charge in [0.25, 0.3) is 5.91 Å². The van der Waals surface area contributed by atoms with E-state index in [4.69, 9.17) is 9.26 Å². The number of hydrogen-bond donors (Lipinski definition) is 2. The van der Waals surface area contributed by atoms with Crippen molar-refractivity contribution in [2.24, 2.45) is 0 Å². The summed E-state index contributed by atoms with van der Waals surface area (Å²) in [7, 11) is 0. The van der Waals surface area contributed by atoms with E-state index in [9.17, 15) is 4.79 Å². The van der Waals surface area contributed by atoms with Crippen LogP contribution in [-0.4, -0.2) is 24.2 Å². The standard InChI is InChI=1S/C20H21N3O3/c1-12-5-3-7-15-17(23-26-18(12)15)13(2)22-20(24)16-8-4-6-14-11-21-9-10-25-19(14)16/h3-8,13,21H,9-11H2,1-2H3,(H,22,24). The highest BCUT2D eigenvalue weighted by molar-refractivity contribution is 5.98. The zero-order chi connectivity index (χ0) is 18.1. The van der Waals surface area contributed by atoms with Crippen molar-refractivity contribution in [2.45, 2.75) is 26.4 Å². The lowest BCUT2D eigenvalue weighted by atomic mass is 10.1. The van der Waals surface area contributed by atoms with Crippen LogP contribution in [0.15, 0.2) is 40.9 Å². The number of aryl methyl sites for hydroxylation is 1. The van der Waals surface area contributed by atoms with Crippen LogP contribution in [0.4, 0.5) is 0 Å². The molecule has 2 N–H and O–H groups in total. The van der Waals surface area contributed by atoms with Crippen LogP contribution in [-0.2, 0) is 6.54 Å². The normalized spacial score (nSPS) is 15.0. The minimum atomic E-state index is -0.287. The number of rotatable bonds is 3. The predicted molar refractivity (Wildman–Crippen MR) is 98.3 cm³/mol. The number of aromatic nitrogens is 1. The molecule has 0 spiro atoms. The highest BCUT2D eigenvalue weighted by Gasteiger charge is 2.22. The van der Waals surface area contributed by atoms with Gasteiger partial charge in [0.05, 0.1) is 11.6 Å². The first-order valence-electron chi connectivity index (χ1n) is 8.76. The van der Waals surface area contributed by atoms with Gasteiger partial charge in [0, 0.05) is 24.0 Å². The molecule has 134 valence electrons. The molecule has 2 heterocycles. The van der Waals surface area contributed by atoms with Gasteiger partial charge in [-0.3, -0.25) is 4.79 Å². The molecular weight excluding hydrogens is 330 g/mol. The number of carbonyl (C=O) groups is 1. The Balaban J connectivity index is 1.61. The molecule has 1 aliphatic rings. The second kappa shape index (κ2) is 6.80. The fourth-order valence-corrected chi connectivity index (χ4v) is 3.30. The maximum absolute atomic E-state index is 12.9. The van der Waals surface area contributed by atoms with Crippen molar-refractivity contribution in [3.05, 3.63) is 58.8 Å². The van der Waals surface area contributed by atoms with Gasteiger partial charge in [-0.25, -0.2) is 0 Å². The number of amides is 1. The fourth-order valence-electron chi connectivity index (χ4n) is 3.30. The third-order valence-corrected chi connectivity index (χ3v) is 4.66. The molecule has 0 fully saturated rings. The van der Waals surface area contributed by atoms with Gasteiger partial charge in [-0.15, -0.1) is 0 Å². The SMILES string of the molecule is Cc1cccc2c(C(C)NC(=O)c3cccc4c3OCCNC4)noc12. The lowest BCUT2D eigenvalue weighted by Crippen LogP contribution is -2.27. The maximum Gasteiger partial charge on any atom is 0.255 e. The maximum atomic E-state index is 12.9. The quantitative estimate of drug-likeness (QED) is 0.758. The Kier molecular flexibility index (Phi) is 4.34. The highest BCUT2D eigenvalue weighted by atomic mass is 16.5. The van der Waals surface area contributed by atoms with Gasteiger partial charge in [0.1, 0.15) is 18.1 Å². The summed E-state index contributed by atoms with van der Waals surface area (Å²) in [6, 6.07) is 11.3. The average Bonchev–Trinajstić information content (AvgIpc) is 2.93. The van der Waals surface area contributed by atoms with Gasteiger partial charge in [-0.1, -0.05) is 29.4 Å². The molecule has 0 aliphatic carbocycles. The summed E-state index contributed by atoms with van der Waals surface area (Å²) in [6.07, 6.45) is 0. The molecule has 0 saturated carbocycles. The second-order valence-corrected chi connectivity index (χ2v) is 6.53. The van der Waals surface area contributed by atoms with Crippen molar-refractivity contribution in [1.82, 2.24) is 15.8 Å². The Labute approximate surface area is 151 Å². The number of ether oxygens (including phenoxy) is 1. The van der Waals surface area contributed by atoms with Crippen LogP contribution in [0.1, 0.15) is 40.1 Å². The van der Waals surface area contributed by atoms with E-state index in [0.29, 0.717) is 24.5 Å². The third kappa shape index (κ3) is 2.93. The largest absolute Gasteiger partial charge is 0.491 e. The Bertz CT molecular complexity index is 964. The predicted octanol–water partition coefficient (Wildman–Crippen LogP) is 3.11. The molecule has 6 heteroatoms. The van der Waals surface area contributed by atoms with Gasteiger partial charge >= 0.3 is 0 Å². The topological polar surface area (TPSA) is 76.4 Å². The molecule has 1 aromatic heterocycles. The molecule has 0 radical (unpaired) electrons. The summed E-state index contributed by atoms with van der Waals surface area (Å²) < 4.78 is 11.3. The molecule has 2 aromatic carbocycles. The van der Waals surface area contributed by atoms with Crippen LogP contribution >= 0.6 is 0 Å². The van der Waals surface area contributed by atoms with Gasteiger partial charge in [0.15, 0.2) is 5.58 Å². The molecule has 3 aromatic rings. The number of fused-ring (bicyclic) bond motifs is 2. The van der Waals surface area contributed by atoms with Gasteiger partial charge in [0.2, 0.25) is 0 Å². The Morgan fingerprint density at radius 1 is 1.27 bits per heavy atom. The van der Waals surface area contributed by atoms with E-state index in [2.05, 4.69) is 15.8 Å². The minimum Gasteiger partial charge on any atom is -0.491 e. The summed E-state index contributed by atoms with van der Waals surface area (Å²) >= 11 is 0. The first kappa shape index (κ1) is 16.6. The molecule has 1 unspecified atom stereocenters. The van der Waals surface area contributed by atoms with E-state index in [1.807, 2.05) is 44.2 Å². The monoisotopic (exact) mass is 351 g/mol. The first-order chi connectivity index (χ1) is 12.6. The van der Waals surface area contributed by atoms with Gasteiger partial charge < -0.3 is 19.9 Å². The van der Waals surface area contributed by atoms with Crippen LogP contribution in [0.3, 0.4) is 0 Å². The molecule has 6 nitrogen and oxygen atoms in total. The summed E-state index contributed by atoms with van der Waals surface area (Å²) in [5, 5.41) is 11.4. The lowest BCUT2D eigenvalue weighted by molar-refractivity contribution is 0.0935. The Hall–Kier alpha value is -2.86. The molecule has 4 rings (SSSR count). The van der Waals surface area contributed by atoms with Crippen LogP contribution in [0.5, 0.6) is 5.75 Å². The van der Waals surface area contributed by atoms with Crippen molar-refractivity contribution in [3.8, 4) is 5.75 Å². The van der Waals surface area contributed by atoms with E-state index < -0.39 is 0 Å². The first-order valence-corrected chi connectivity index (χ1v) is 8.76. The number of benzene rings is 2. The van der Waals surface area contributed by atoms with Crippen LogP contribution in [0.2, 0.25) is 0 Å². The molecule has 1 aliphatic heterocycles. The van der Waals surface area contributed by atoms with Crippen LogP contribution < -0.4 is 15.4 Å². The number of para-hydroxylation sites is 2. The molecule has 1 atom stereocenters. The van der Waals surface area contributed by atoms with Crippen molar-refractivity contribution in [3.63, 3.8) is 0 Å². The van der Waals surface area contributed by atoms with Gasteiger partial charge in [-0.05, 0) is 31.5 Å².